The second-order valence-corrected chi connectivity index (χ2v) is 6.94. The minimum Gasteiger partial charge on any atom is -0.352 e. The molecule has 0 spiro atoms. The van der Waals surface area contributed by atoms with Crippen molar-refractivity contribution in [3.63, 3.8) is 0 Å². The molecular weight excluding hydrogens is 349 g/mol. The SMILES string of the molecule is CCCCNC(=O)c1c(SCC)nc2cc(C(F)(F)F)ccc2c1C. The summed E-state index contributed by atoms with van der Waals surface area (Å²) in [5.74, 6) is 0.447. The third-order valence-corrected chi connectivity index (χ3v) is 4.72. The molecule has 0 saturated carbocycles. The number of nitrogens with zero attached hydrogens (tertiary/aromatic N) is 1. The molecule has 0 aliphatic rings. The standard InChI is InChI=1S/C18H21F3N2OS/c1-4-6-9-22-16(24)15-11(3)13-8-7-12(18(19,20)21)10-14(13)23-17(15)25-5-2/h7-8,10H,4-6,9H2,1-3H3,(H,22,24). The minimum atomic E-state index is -4.42. The van der Waals surface area contributed by atoms with Gasteiger partial charge in [-0.05, 0) is 36.8 Å². The Bertz CT molecular complexity index is 775. The number of unbranched alkanes of at least 4 members (excludes halogenated alkanes) is 1. The molecule has 1 N–H and O–H groups in total. The number of halogens is 3. The van der Waals surface area contributed by atoms with Crippen LogP contribution >= 0.6 is 11.8 Å². The van der Waals surface area contributed by atoms with E-state index in [0.717, 1.165) is 25.0 Å². The lowest BCUT2D eigenvalue weighted by molar-refractivity contribution is -0.137. The van der Waals surface area contributed by atoms with Crippen molar-refractivity contribution < 1.29 is 18.0 Å². The van der Waals surface area contributed by atoms with Gasteiger partial charge in [0.25, 0.3) is 5.91 Å². The summed E-state index contributed by atoms with van der Waals surface area (Å²) in [5, 5.41) is 3.90. The van der Waals surface area contributed by atoms with E-state index in [9.17, 15) is 18.0 Å². The summed E-state index contributed by atoms with van der Waals surface area (Å²) in [6.07, 6.45) is -2.58. The summed E-state index contributed by atoms with van der Waals surface area (Å²) >= 11 is 1.36. The summed E-state index contributed by atoms with van der Waals surface area (Å²) in [4.78, 5) is 16.9. The van der Waals surface area contributed by atoms with Crippen molar-refractivity contribution in [2.45, 2.75) is 44.8 Å². The molecule has 0 bridgehead atoms. The summed E-state index contributed by atoms with van der Waals surface area (Å²) in [5.41, 5.74) is 0.631. The average Bonchev–Trinajstić information content (AvgIpc) is 2.54. The second kappa shape index (κ2) is 8.08. The number of amides is 1. The maximum Gasteiger partial charge on any atom is 0.416 e. The van der Waals surface area contributed by atoms with Crippen molar-refractivity contribution in [2.75, 3.05) is 12.3 Å². The molecule has 136 valence electrons. The lowest BCUT2D eigenvalue weighted by Crippen LogP contribution is -2.26. The number of hydrogen-bond donors (Lipinski definition) is 1. The van der Waals surface area contributed by atoms with E-state index in [4.69, 9.17) is 0 Å². The Morgan fingerprint density at radius 3 is 2.60 bits per heavy atom. The van der Waals surface area contributed by atoms with E-state index in [1.54, 1.807) is 6.92 Å². The molecule has 0 unspecified atom stereocenters. The predicted molar refractivity (Wildman–Crippen MR) is 95.1 cm³/mol. The van der Waals surface area contributed by atoms with Crippen molar-refractivity contribution in [1.82, 2.24) is 10.3 Å². The summed E-state index contributed by atoms with van der Waals surface area (Å²) < 4.78 is 38.8. The number of aromatic nitrogens is 1. The van der Waals surface area contributed by atoms with Gasteiger partial charge in [0.05, 0.1) is 16.6 Å². The summed E-state index contributed by atoms with van der Waals surface area (Å²) in [6.45, 7) is 6.27. The highest BCUT2D eigenvalue weighted by molar-refractivity contribution is 7.99. The minimum absolute atomic E-state index is 0.226. The number of nitrogens with one attached hydrogen (secondary N) is 1. The number of pyridine rings is 1. The Morgan fingerprint density at radius 1 is 1.28 bits per heavy atom. The third-order valence-electron chi connectivity index (χ3n) is 3.86. The number of aryl methyl sites for hydroxylation is 1. The molecule has 3 nitrogen and oxygen atoms in total. The van der Waals surface area contributed by atoms with Crippen LogP contribution in [0, 0.1) is 6.92 Å². The molecule has 0 radical (unpaired) electrons. The van der Waals surface area contributed by atoms with Crippen LogP contribution in [0.5, 0.6) is 0 Å². The fraction of sp³-hybridized carbons (Fsp3) is 0.444. The molecule has 1 aromatic heterocycles. The monoisotopic (exact) mass is 370 g/mol. The number of thioether (sulfide) groups is 1. The van der Waals surface area contributed by atoms with Crippen LogP contribution < -0.4 is 5.32 Å². The first kappa shape index (κ1) is 19.6. The van der Waals surface area contributed by atoms with Crippen molar-refractivity contribution >= 4 is 28.6 Å². The van der Waals surface area contributed by atoms with Gasteiger partial charge in [-0.3, -0.25) is 4.79 Å². The topological polar surface area (TPSA) is 42.0 Å². The van der Waals surface area contributed by atoms with E-state index < -0.39 is 11.7 Å². The van der Waals surface area contributed by atoms with Crippen molar-refractivity contribution in [1.29, 1.82) is 0 Å². The summed E-state index contributed by atoms with van der Waals surface area (Å²) in [7, 11) is 0. The highest BCUT2D eigenvalue weighted by atomic mass is 32.2. The van der Waals surface area contributed by atoms with Gasteiger partial charge in [-0.25, -0.2) is 4.98 Å². The Hall–Kier alpha value is -1.76. The molecule has 0 aliphatic carbocycles. The molecule has 7 heteroatoms. The number of carbonyl (C=O) groups is 1. The number of benzene rings is 1. The van der Waals surface area contributed by atoms with Gasteiger partial charge in [-0.2, -0.15) is 13.2 Å². The van der Waals surface area contributed by atoms with Gasteiger partial charge in [0.2, 0.25) is 0 Å². The molecule has 1 heterocycles. The molecule has 2 rings (SSSR count). The van der Waals surface area contributed by atoms with E-state index in [2.05, 4.69) is 10.3 Å². The molecule has 0 atom stereocenters. The van der Waals surface area contributed by atoms with Crippen LogP contribution in [0.4, 0.5) is 13.2 Å². The lowest BCUT2D eigenvalue weighted by Gasteiger charge is -2.15. The van der Waals surface area contributed by atoms with E-state index in [1.165, 1.54) is 17.8 Å². The second-order valence-electron chi connectivity index (χ2n) is 5.69. The Balaban J connectivity index is 2.55. The Kier molecular flexibility index (Phi) is 6.32. The van der Waals surface area contributed by atoms with Gasteiger partial charge in [-0.15, -0.1) is 11.8 Å². The molecule has 0 aliphatic heterocycles. The zero-order valence-electron chi connectivity index (χ0n) is 14.5. The highest BCUT2D eigenvalue weighted by Gasteiger charge is 2.31. The van der Waals surface area contributed by atoms with Gasteiger partial charge in [0.1, 0.15) is 5.03 Å². The van der Waals surface area contributed by atoms with Crippen LogP contribution in [0.1, 0.15) is 48.2 Å². The lowest BCUT2D eigenvalue weighted by atomic mass is 10.0. The third kappa shape index (κ3) is 4.45. The first-order valence-corrected chi connectivity index (χ1v) is 9.20. The highest BCUT2D eigenvalue weighted by Crippen LogP contribution is 2.34. The smallest absolute Gasteiger partial charge is 0.352 e. The van der Waals surface area contributed by atoms with Crippen LogP contribution in [-0.4, -0.2) is 23.2 Å². The molecule has 0 fully saturated rings. The molecule has 1 aromatic carbocycles. The van der Waals surface area contributed by atoms with Crippen molar-refractivity contribution in [2.24, 2.45) is 0 Å². The number of rotatable bonds is 6. The molecule has 0 saturated heterocycles. The predicted octanol–water partition coefficient (Wildman–Crippen LogP) is 5.20. The van der Waals surface area contributed by atoms with Gasteiger partial charge in [0.15, 0.2) is 0 Å². The first-order chi connectivity index (χ1) is 11.8. The number of hydrogen-bond acceptors (Lipinski definition) is 3. The molecular formula is C18H21F3N2OS. The van der Waals surface area contributed by atoms with E-state index in [-0.39, 0.29) is 11.4 Å². The van der Waals surface area contributed by atoms with Crippen molar-refractivity contribution in [3.8, 4) is 0 Å². The fourth-order valence-electron chi connectivity index (χ4n) is 2.55. The number of carbonyl (C=O) groups excluding carboxylic acids is 1. The maximum atomic E-state index is 12.9. The Morgan fingerprint density at radius 2 is 2.00 bits per heavy atom. The van der Waals surface area contributed by atoms with Crippen molar-refractivity contribution in [3.05, 3.63) is 34.9 Å². The van der Waals surface area contributed by atoms with E-state index >= 15 is 0 Å². The summed E-state index contributed by atoms with van der Waals surface area (Å²) in [6, 6.07) is 3.47. The van der Waals surface area contributed by atoms with Crippen LogP contribution in [-0.2, 0) is 6.18 Å². The number of alkyl halides is 3. The van der Waals surface area contributed by atoms with E-state index in [1.807, 2.05) is 13.8 Å². The van der Waals surface area contributed by atoms with Gasteiger partial charge >= 0.3 is 6.18 Å². The molecule has 2 aromatic rings. The average molecular weight is 370 g/mol. The van der Waals surface area contributed by atoms with Crippen LogP contribution in [0.25, 0.3) is 10.9 Å². The van der Waals surface area contributed by atoms with Crippen LogP contribution in [0.3, 0.4) is 0 Å². The zero-order valence-corrected chi connectivity index (χ0v) is 15.3. The first-order valence-electron chi connectivity index (χ1n) is 8.22. The number of fused-ring (bicyclic) bond motifs is 1. The van der Waals surface area contributed by atoms with Crippen LogP contribution in [0.2, 0.25) is 0 Å². The normalized spacial score (nSPS) is 11.8. The zero-order chi connectivity index (χ0) is 18.6. The largest absolute Gasteiger partial charge is 0.416 e. The van der Waals surface area contributed by atoms with Gasteiger partial charge in [-0.1, -0.05) is 26.3 Å². The van der Waals surface area contributed by atoms with Gasteiger partial charge < -0.3 is 5.32 Å². The molecule has 1 amide bonds. The maximum absolute atomic E-state index is 12.9. The quantitative estimate of drug-likeness (QED) is 0.561. The molecule has 25 heavy (non-hydrogen) atoms. The fourth-order valence-corrected chi connectivity index (χ4v) is 3.38. The Labute approximate surface area is 149 Å². The van der Waals surface area contributed by atoms with E-state index in [0.29, 0.717) is 33.8 Å². The van der Waals surface area contributed by atoms with Gasteiger partial charge in [0, 0.05) is 11.9 Å². The van der Waals surface area contributed by atoms with Crippen LogP contribution in [0.15, 0.2) is 23.2 Å².